The third-order valence-corrected chi connectivity index (χ3v) is 4.31. The van der Waals surface area contributed by atoms with Crippen molar-refractivity contribution in [2.45, 2.75) is 37.9 Å². The molecule has 1 aromatic heterocycles. The van der Waals surface area contributed by atoms with Crippen molar-refractivity contribution in [3.63, 3.8) is 0 Å². The van der Waals surface area contributed by atoms with Crippen LogP contribution in [0.25, 0.3) is 0 Å². The van der Waals surface area contributed by atoms with Crippen LogP contribution >= 0.6 is 0 Å². The summed E-state index contributed by atoms with van der Waals surface area (Å²) in [4.78, 5) is 18.5. The van der Waals surface area contributed by atoms with Gasteiger partial charge in [0, 0.05) is 38.0 Å². The SMILES string of the molecule is CCO[C@H]1CO[C@@]2(CCN(C(=O)Cc3ccccn3)C2)C1. The topological polar surface area (TPSA) is 51.7 Å². The Morgan fingerprint density at radius 2 is 2.48 bits per heavy atom. The summed E-state index contributed by atoms with van der Waals surface area (Å²) in [6, 6.07) is 5.66. The van der Waals surface area contributed by atoms with E-state index in [-0.39, 0.29) is 17.6 Å². The van der Waals surface area contributed by atoms with E-state index in [9.17, 15) is 4.79 Å². The highest BCUT2D eigenvalue weighted by atomic mass is 16.6. The van der Waals surface area contributed by atoms with E-state index in [1.54, 1.807) is 6.20 Å². The van der Waals surface area contributed by atoms with Crippen molar-refractivity contribution >= 4 is 5.91 Å². The Balaban J connectivity index is 1.56. The molecule has 5 heteroatoms. The zero-order chi connectivity index (χ0) is 14.7. The fourth-order valence-electron chi connectivity index (χ4n) is 3.26. The second-order valence-corrected chi connectivity index (χ2v) is 5.84. The minimum absolute atomic E-state index is 0.133. The summed E-state index contributed by atoms with van der Waals surface area (Å²) >= 11 is 0. The van der Waals surface area contributed by atoms with Crippen molar-refractivity contribution in [2.24, 2.45) is 0 Å². The first-order valence-corrected chi connectivity index (χ1v) is 7.64. The number of carbonyl (C=O) groups is 1. The lowest BCUT2D eigenvalue weighted by atomic mass is 9.98. The molecule has 2 fully saturated rings. The molecule has 0 radical (unpaired) electrons. The number of nitrogens with zero attached hydrogens (tertiary/aromatic N) is 2. The Kier molecular flexibility index (Phi) is 4.22. The molecular formula is C16H22N2O3. The molecule has 2 aliphatic rings. The van der Waals surface area contributed by atoms with E-state index >= 15 is 0 Å². The van der Waals surface area contributed by atoms with Gasteiger partial charge in [-0.15, -0.1) is 0 Å². The molecule has 0 aromatic carbocycles. The summed E-state index contributed by atoms with van der Waals surface area (Å²) in [5.41, 5.74) is 0.641. The smallest absolute Gasteiger partial charge is 0.228 e. The predicted molar refractivity (Wildman–Crippen MR) is 77.9 cm³/mol. The van der Waals surface area contributed by atoms with Crippen molar-refractivity contribution in [3.8, 4) is 0 Å². The Hall–Kier alpha value is -1.46. The summed E-state index contributed by atoms with van der Waals surface area (Å²) in [6.45, 7) is 4.82. The van der Waals surface area contributed by atoms with Crippen LogP contribution in [0.4, 0.5) is 0 Å². The predicted octanol–water partition coefficient (Wildman–Crippen LogP) is 1.42. The third-order valence-electron chi connectivity index (χ3n) is 4.31. The van der Waals surface area contributed by atoms with Crippen LogP contribution < -0.4 is 0 Å². The highest BCUT2D eigenvalue weighted by molar-refractivity contribution is 5.78. The van der Waals surface area contributed by atoms with Gasteiger partial charge in [0.15, 0.2) is 0 Å². The molecule has 0 bridgehead atoms. The summed E-state index contributed by atoms with van der Waals surface area (Å²) in [5, 5.41) is 0. The van der Waals surface area contributed by atoms with Gasteiger partial charge in [-0.25, -0.2) is 0 Å². The molecular weight excluding hydrogens is 268 g/mol. The molecule has 0 saturated carbocycles. The molecule has 0 aliphatic carbocycles. The molecule has 5 nitrogen and oxygen atoms in total. The number of pyridine rings is 1. The number of aromatic nitrogens is 1. The summed E-state index contributed by atoms with van der Waals surface area (Å²) < 4.78 is 11.6. The molecule has 2 saturated heterocycles. The number of ether oxygens (including phenoxy) is 2. The van der Waals surface area contributed by atoms with Crippen molar-refractivity contribution in [3.05, 3.63) is 30.1 Å². The van der Waals surface area contributed by atoms with E-state index in [2.05, 4.69) is 4.98 Å². The molecule has 2 aliphatic heterocycles. The van der Waals surface area contributed by atoms with Gasteiger partial charge in [0.1, 0.15) is 0 Å². The van der Waals surface area contributed by atoms with Crippen LogP contribution in [0, 0.1) is 0 Å². The van der Waals surface area contributed by atoms with Crippen molar-refractivity contribution < 1.29 is 14.3 Å². The van der Waals surface area contributed by atoms with E-state index < -0.39 is 0 Å². The highest BCUT2D eigenvalue weighted by Crippen LogP contribution is 2.36. The molecule has 3 rings (SSSR count). The lowest BCUT2D eigenvalue weighted by Crippen LogP contribution is -2.36. The van der Waals surface area contributed by atoms with Crippen LogP contribution in [0.5, 0.6) is 0 Å². The number of hydrogen-bond acceptors (Lipinski definition) is 4. The van der Waals surface area contributed by atoms with Crippen LogP contribution in [0.15, 0.2) is 24.4 Å². The minimum atomic E-state index is -0.181. The van der Waals surface area contributed by atoms with Crippen LogP contribution in [0.2, 0.25) is 0 Å². The van der Waals surface area contributed by atoms with Crippen molar-refractivity contribution in [1.29, 1.82) is 0 Å². The van der Waals surface area contributed by atoms with E-state index in [0.717, 1.165) is 25.1 Å². The van der Waals surface area contributed by atoms with Gasteiger partial charge < -0.3 is 14.4 Å². The number of hydrogen-bond donors (Lipinski definition) is 0. The van der Waals surface area contributed by atoms with Crippen LogP contribution in [-0.2, 0) is 20.7 Å². The van der Waals surface area contributed by atoms with Crippen LogP contribution in [0.1, 0.15) is 25.5 Å². The molecule has 1 spiro atoms. The number of rotatable bonds is 4. The fourth-order valence-corrected chi connectivity index (χ4v) is 3.26. The Morgan fingerprint density at radius 1 is 1.57 bits per heavy atom. The molecule has 21 heavy (non-hydrogen) atoms. The molecule has 3 heterocycles. The third kappa shape index (κ3) is 3.24. The molecule has 1 amide bonds. The van der Waals surface area contributed by atoms with E-state index in [4.69, 9.17) is 9.47 Å². The van der Waals surface area contributed by atoms with Gasteiger partial charge in [0.2, 0.25) is 5.91 Å². The first-order valence-electron chi connectivity index (χ1n) is 7.64. The second-order valence-electron chi connectivity index (χ2n) is 5.84. The van der Waals surface area contributed by atoms with Gasteiger partial charge in [0.25, 0.3) is 0 Å². The van der Waals surface area contributed by atoms with Crippen LogP contribution in [-0.4, -0.2) is 53.8 Å². The summed E-state index contributed by atoms with van der Waals surface area (Å²) in [7, 11) is 0. The zero-order valence-electron chi connectivity index (χ0n) is 12.5. The Morgan fingerprint density at radius 3 is 3.24 bits per heavy atom. The Labute approximate surface area is 125 Å². The zero-order valence-corrected chi connectivity index (χ0v) is 12.5. The maximum Gasteiger partial charge on any atom is 0.228 e. The molecule has 0 unspecified atom stereocenters. The van der Waals surface area contributed by atoms with Gasteiger partial charge >= 0.3 is 0 Å². The molecule has 1 aromatic rings. The quantitative estimate of drug-likeness (QED) is 0.841. The van der Waals surface area contributed by atoms with Crippen molar-refractivity contribution in [2.75, 3.05) is 26.3 Å². The first kappa shape index (κ1) is 14.5. The van der Waals surface area contributed by atoms with E-state index in [1.807, 2.05) is 30.0 Å². The summed E-state index contributed by atoms with van der Waals surface area (Å²) in [6.07, 6.45) is 4.08. The summed E-state index contributed by atoms with van der Waals surface area (Å²) in [5.74, 6) is 0.133. The number of carbonyl (C=O) groups excluding carboxylic acids is 1. The minimum Gasteiger partial charge on any atom is -0.376 e. The van der Waals surface area contributed by atoms with Gasteiger partial charge in [-0.05, 0) is 25.5 Å². The molecule has 0 N–H and O–H groups in total. The maximum atomic E-state index is 12.4. The number of amides is 1. The first-order chi connectivity index (χ1) is 10.2. The number of likely N-dealkylation sites (tertiary alicyclic amines) is 1. The average molecular weight is 290 g/mol. The fraction of sp³-hybridized carbons (Fsp3) is 0.625. The lowest BCUT2D eigenvalue weighted by molar-refractivity contribution is -0.130. The van der Waals surface area contributed by atoms with Crippen LogP contribution in [0.3, 0.4) is 0 Å². The average Bonchev–Trinajstić information content (AvgIpc) is 3.08. The lowest BCUT2D eigenvalue weighted by Gasteiger charge is -2.23. The Bertz CT molecular complexity index is 494. The normalized spacial score (nSPS) is 28.4. The van der Waals surface area contributed by atoms with Gasteiger partial charge in [0.05, 0.1) is 24.7 Å². The van der Waals surface area contributed by atoms with Gasteiger partial charge in [-0.1, -0.05) is 6.07 Å². The van der Waals surface area contributed by atoms with Gasteiger partial charge in [-0.3, -0.25) is 9.78 Å². The second kappa shape index (κ2) is 6.12. The molecule has 114 valence electrons. The monoisotopic (exact) mass is 290 g/mol. The largest absolute Gasteiger partial charge is 0.376 e. The van der Waals surface area contributed by atoms with E-state index in [0.29, 0.717) is 26.2 Å². The molecule has 2 atom stereocenters. The van der Waals surface area contributed by atoms with Gasteiger partial charge in [-0.2, -0.15) is 0 Å². The maximum absolute atomic E-state index is 12.4. The van der Waals surface area contributed by atoms with E-state index in [1.165, 1.54) is 0 Å². The highest BCUT2D eigenvalue weighted by Gasteiger charge is 2.46. The standard InChI is InChI=1S/C16H22N2O3/c1-2-20-14-10-16(21-11-14)6-8-18(12-16)15(19)9-13-5-3-4-7-17-13/h3-5,7,14H,2,6,8-12H2,1H3/t14-,16+/m1/s1. The van der Waals surface area contributed by atoms with Crippen molar-refractivity contribution in [1.82, 2.24) is 9.88 Å².